The summed E-state index contributed by atoms with van der Waals surface area (Å²) < 4.78 is 10.1. The Labute approximate surface area is 89.2 Å². The van der Waals surface area contributed by atoms with Gasteiger partial charge in [0.15, 0.2) is 5.82 Å². The van der Waals surface area contributed by atoms with Crippen molar-refractivity contribution < 1.29 is 9.26 Å². The van der Waals surface area contributed by atoms with E-state index in [1.165, 1.54) is 11.3 Å². The van der Waals surface area contributed by atoms with Gasteiger partial charge in [-0.25, -0.2) is 0 Å². The SMILES string of the molecule is COc1ccsc1-c1onc(N)c1Cl. The van der Waals surface area contributed by atoms with E-state index in [1.54, 1.807) is 7.11 Å². The molecule has 0 radical (unpaired) electrons. The van der Waals surface area contributed by atoms with E-state index >= 15 is 0 Å². The van der Waals surface area contributed by atoms with Crippen LogP contribution in [0.25, 0.3) is 10.6 Å². The Balaban J connectivity index is 2.54. The van der Waals surface area contributed by atoms with Crippen molar-refractivity contribution in [3.63, 3.8) is 0 Å². The summed E-state index contributed by atoms with van der Waals surface area (Å²) in [4.78, 5) is 0.793. The second-order valence-corrected chi connectivity index (χ2v) is 3.82. The fourth-order valence-corrected chi connectivity index (χ4v) is 2.12. The number of nitrogen functional groups attached to an aromatic ring is 1. The summed E-state index contributed by atoms with van der Waals surface area (Å²) in [6.07, 6.45) is 0. The van der Waals surface area contributed by atoms with Gasteiger partial charge in [0.1, 0.15) is 15.6 Å². The highest BCUT2D eigenvalue weighted by Crippen LogP contribution is 2.40. The van der Waals surface area contributed by atoms with Gasteiger partial charge in [0.05, 0.1) is 7.11 Å². The van der Waals surface area contributed by atoms with Crippen LogP contribution in [0.1, 0.15) is 0 Å². The molecule has 0 aliphatic carbocycles. The van der Waals surface area contributed by atoms with Crippen LogP contribution in [0.3, 0.4) is 0 Å². The summed E-state index contributed by atoms with van der Waals surface area (Å²) in [7, 11) is 1.58. The summed E-state index contributed by atoms with van der Waals surface area (Å²) >= 11 is 7.35. The fraction of sp³-hybridized carbons (Fsp3) is 0.125. The zero-order valence-electron chi connectivity index (χ0n) is 7.28. The van der Waals surface area contributed by atoms with Gasteiger partial charge in [-0.2, -0.15) is 0 Å². The number of anilines is 1. The van der Waals surface area contributed by atoms with Gasteiger partial charge >= 0.3 is 0 Å². The van der Waals surface area contributed by atoms with E-state index in [0.717, 1.165) is 4.88 Å². The number of hydrogen-bond acceptors (Lipinski definition) is 5. The van der Waals surface area contributed by atoms with Crippen LogP contribution in [0.4, 0.5) is 5.82 Å². The molecule has 74 valence electrons. The highest BCUT2D eigenvalue weighted by Gasteiger charge is 2.18. The minimum Gasteiger partial charge on any atom is -0.495 e. The normalized spacial score (nSPS) is 10.4. The lowest BCUT2D eigenvalue weighted by molar-refractivity contribution is 0.409. The predicted octanol–water partition coefficient (Wildman–Crippen LogP) is 2.65. The standard InChI is InChI=1S/C8H7ClN2O2S/c1-12-4-2-3-14-7(4)6-5(9)8(10)11-13-6/h2-3H,1H3,(H2,10,11). The third-order valence-corrected chi connectivity index (χ3v) is 2.97. The molecule has 0 saturated heterocycles. The van der Waals surface area contributed by atoms with Crippen molar-refractivity contribution in [3.8, 4) is 16.4 Å². The zero-order chi connectivity index (χ0) is 10.1. The summed E-state index contributed by atoms with van der Waals surface area (Å²) in [5.74, 6) is 1.35. The van der Waals surface area contributed by atoms with E-state index in [1.807, 2.05) is 11.4 Å². The van der Waals surface area contributed by atoms with Crippen molar-refractivity contribution in [2.75, 3.05) is 12.8 Å². The molecule has 4 nitrogen and oxygen atoms in total. The Hall–Kier alpha value is -1.20. The van der Waals surface area contributed by atoms with Crippen LogP contribution in [0.5, 0.6) is 5.75 Å². The third-order valence-electron chi connectivity index (χ3n) is 1.71. The van der Waals surface area contributed by atoms with Crippen LogP contribution >= 0.6 is 22.9 Å². The van der Waals surface area contributed by atoms with Crippen LogP contribution in [0.2, 0.25) is 5.02 Å². The molecular formula is C8H7ClN2O2S. The second kappa shape index (κ2) is 3.51. The van der Waals surface area contributed by atoms with Crippen molar-refractivity contribution in [2.24, 2.45) is 0 Å². The molecule has 0 aliphatic rings. The molecule has 0 aliphatic heterocycles. The van der Waals surface area contributed by atoms with Crippen LogP contribution in [0.15, 0.2) is 16.0 Å². The summed E-state index contributed by atoms with van der Waals surface area (Å²) in [6, 6.07) is 1.83. The van der Waals surface area contributed by atoms with Gasteiger partial charge in [0, 0.05) is 0 Å². The van der Waals surface area contributed by atoms with Crippen molar-refractivity contribution in [1.82, 2.24) is 5.16 Å². The molecule has 0 amide bonds. The minimum absolute atomic E-state index is 0.192. The lowest BCUT2D eigenvalue weighted by Gasteiger charge is -1.97. The molecule has 0 bridgehead atoms. The maximum absolute atomic E-state index is 5.90. The van der Waals surface area contributed by atoms with Crippen molar-refractivity contribution in [2.45, 2.75) is 0 Å². The molecule has 2 rings (SSSR count). The lowest BCUT2D eigenvalue weighted by atomic mass is 10.3. The molecular weight excluding hydrogens is 224 g/mol. The van der Waals surface area contributed by atoms with Gasteiger partial charge in [-0.3, -0.25) is 0 Å². The van der Waals surface area contributed by atoms with E-state index in [2.05, 4.69) is 5.16 Å². The first-order valence-corrected chi connectivity index (χ1v) is 5.02. The average molecular weight is 231 g/mol. The third kappa shape index (κ3) is 1.34. The molecule has 2 N–H and O–H groups in total. The molecule has 0 unspecified atom stereocenters. The van der Waals surface area contributed by atoms with Gasteiger partial charge in [-0.1, -0.05) is 16.8 Å². The zero-order valence-corrected chi connectivity index (χ0v) is 8.85. The first-order valence-electron chi connectivity index (χ1n) is 3.76. The molecule has 2 aromatic rings. The van der Waals surface area contributed by atoms with Gasteiger partial charge in [0.25, 0.3) is 0 Å². The number of rotatable bonds is 2. The molecule has 0 aromatic carbocycles. The van der Waals surface area contributed by atoms with Crippen molar-refractivity contribution in [1.29, 1.82) is 0 Å². The molecule has 2 aromatic heterocycles. The molecule has 6 heteroatoms. The van der Waals surface area contributed by atoms with Crippen molar-refractivity contribution in [3.05, 3.63) is 16.5 Å². The van der Waals surface area contributed by atoms with E-state index in [4.69, 9.17) is 26.6 Å². The van der Waals surface area contributed by atoms with Gasteiger partial charge in [-0.05, 0) is 11.4 Å². The molecule has 2 heterocycles. The number of ether oxygens (including phenoxy) is 1. The number of thiophene rings is 1. The molecule has 0 spiro atoms. The Morgan fingerprint density at radius 2 is 2.43 bits per heavy atom. The fourth-order valence-electron chi connectivity index (χ4n) is 1.06. The van der Waals surface area contributed by atoms with E-state index < -0.39 is 0 Å². The van der Waals surface area contributed by atoms with Crippen LogP contribution in [-0.4, -0.2) is 12.3 Å². The molecule has 0 saturated carbocycles. The predicted molar refractivity (Wildman–Crippen MR) is 55.8 cm³/mol. The highest BCUT2D eigenvalue weighted by molar-refractivity contribution is 7.14. The molecule has 0 fully saturated rings. The topological polar surface area (TPSA) is 61.3 Å². The number of hydrogen-bond donors (Lipinski definition) is 1. The Morgan fingerprint density at radius 3 is 3.00 bits per heavy atom. The highest BCUT2D eigenvalue weighted by atomic mass is 35.5. The van der Waals surface area contributed by atoms with Crippen LogP contribution in [-0.2, 0) is 0 Å². The lowest BCUT2D eigenvalue weighted by Crippen LogP contribution is -1.83. The first kappa shape index (κ1) is 9.36. The number of halogens is 1. The second-order valence-electron chi connectivity index (χ2n) is 2.53. The van der Waals surface area contributed by atoms with Crippen LogP contribution in [0, 0.1) is 0 Å². The van der Waals surface area contributed by atoms with Crippen molar-refractivity contribution >= 4 is 28.8 Å². The average Bonchev–Trinajstić information content (AvgIpc) is 2.75. The van der Waals surface area contributed by atoms with Gasteiger partial charge in [0.2, 0.25) is 5.76 Å². The van der Waals surface area contributed by atoms with Gasteiger partial charge in [-0.15, -0.1) is 11.3 Å². The smallest absolute Gasteiger partial charge is 0.201 e. The van der Waals surface area contributed by atoms with Crippen LogP contribution < -0.4 is 10.5 Å². The number of aromatic nitrogens is 1. The summed E-state index contributed by atoms with van der Waals surface area (Å²) in [5, 5.41) is 5.77. The number of nitrogens with zero attached hydrogens (tertiary/aromatic N) is 1. The first-order chi connectivity index (χ1) is 6.74. The minimum atomic E-state index is 0.192. The van der Waals surface area contributed by atoms with E-state index in [-0.39, 0.29) is 5.82 Å². The number of methoxy groups -OCH3 is 1. The summed E-state index contributed by atoms with van der Waals surface area (Å²) in [6.45, 7) is 0. The quantitative estimate of drug-likeness (QED) is 0.862. The Morgan fingerprint density at radius 1 is 1.64 bits per heavy atom. The maximum Gasteiger partial charge on any atom is 0.201 e. The maximum atomic E-state index is 5.90. The largest absolute Gasteiger partial charge is 0.495 e. The molecule has 14 heavy (non-hydrogen) atoms. The monoisotopic (exact) mass is 230 g/mol. The van der Waals surface area contributed by atoms with E-state index in [9.17, 15) is 0 Å². The number of nitrogens with two attached hydrogens (primary N) is 1. The summed E-state index contributed by atoms with van der Waals surface area (Å²) in [5.41, 5.74) is 5.47. The van der Waals surface area contributed by atoms with E-state index in [0.29, 0.717) is 16.5 Å². The Kier molecular flexibility index (Phi) is 2.35. The van der Waals surface area contributed by atoms with Gasteiger partial charge < -0.3 is 15.0 Å². The Bertz CT molecular complexity index is 452. The molecule has 0 atom stereocenters.